The molecule has 6 heteroatoms. The van der Waals surface area contributed by atoms with E-state index in [0.717, 1.165) is 41.9 Å². The highest BCUT2D eigenvalue weighted by molar-refractivity contribution is 5.92. The number of urea groups is 1. The number of hydrogen-bond acceptors (Lipinski definition) is 3. The van der Waals surface area contributed by atoms with Crippen LogP contribution < -0.4 is 10.6 Å². The third-order valence-corrected chi connectivity index (χ3v) is 7.07. The molecule has 0 unspecified atom stereocenters. The normalized spacial score (nSPS) is 17.9. The van der Waals surface area contributed by atoms with Crippen molar-refractivity contribution in [3.8, 4) is 0 Å². The molecule has 0 saturated heterocycles. The Morgan fingerprint density at radius 2 is 1.94 bits per heavy atom. The minimum absolute atomic E-state index is 0.0367. The number of aryl methyl sites for hydroxylation is 1. The summed E-state index contributed by atoms with van der Waals surface area (Å²) in [6.07, 6.45) is 2.54. The van der Waals surface area contributed by atoms with Gasteiger partial charge in [-0.25, -0.2) is 4.79 Å². The molecule has 0 saturated carbocycles. The van der Waals surface area contributed by atoms with Crippen LogP contribution in [0.1, 0.15) is 81.5 Å². The molecular weight excluding hydrogens is 412 g/mol. The number of fused-ring (bicyclic) bond motifs is 2. The number of benzene rings is 1. The second-order valence-electron chi connectivity index (χ2n) is 11.1. The van der Waals surface area contributed by atoms with Crippen LogP contribution >= 0.6 is 0 Å². The van der Waals surface area contributed by atoms with Crippen LogP contribution in [0.5, 0.6) is 0 Å². The Balaban J connectivity index is 1.43. The van der Waals surface area contributed by atoms with Gasteiger partial charge in [-0.3, -0.25) is 9.78 Å². The molecule has 176 valence electrons. The van der Waals surface area contributed by atoms with E-state index in [1.807, 2.05) is 12.1 Å². The number of aromatic nitrogens is 1. The second-order valence-corrected chi connectivity index (χ2v) is 11.1. The quantitative estimate of drug-likeness (QED) is 0.685. The molecule has 3 amide bonds. The molecule has 4 rings (SSSR count). The van der Waals surface area contributed by atoms with Crippen LogP contribution in [0.3, 0.4) is 0 Å². The molecule has 2 N–H and O–H groups in total. The van der Waals surface area contributed by atoms with Crippen LogP contribution in [0.15, 0.2) is 30.3 Å². The Morgan fingerprint density at radius 3 is 2.67 bits per heavy atom. The minimum Gasteiger partial charge on any atom is -0.355 e. The van der Waals surface area contributed by atoms with Gasteiger partial charge in [-0.2, -0.15) is 0 Å². The third kappa shape index (κ3) is 4.61. The van der Waals surface area contributed by atoms with E-state index in [2.05, 4.69) is 63.5 Å². The molecule has 1 atom stereocenters. The SMILES string of the molecule is CN1Cc2c(cccc2C(C)(C)CCNC(=O)[C@H]2CCc3ccc(C(C)(C)C)nc32)NC1=O. The summed E-state index contributed by atoms with van der Waals surface area (Å²) in [7, 11) is 1.81. The first-order valence-electron chi connectivity index (χ1n) is 11.9. The van der Waals surface area contributed by atoms with Gasteiger partial charge in [-0.05, 0) is 53.5 Å². The van der Waals surface area contributed by atoms with Gasteiger partial charge in [-0.1, -0.05) is 52.8 Å². The van der Waals surface area contributed by atoms with Crippen molar-refractivity contribution in [3.05, 3.63) is 58.4 Å². The maximum Gasteiger partial charge on any atom is 0.321 e. The van der Waals surface area contributed by atoms with Crippen LogP contribution in [-0.2, 0) is 28.6 Å². The van der Waals surface area contributed by atoms with Gasteiger partial charge in [0.05, 0.1) is 11.6 Å². The summed E-state index contributed by atoms with van der Waals surface area (Å²) >= 11 is 0. The number of pyridine rings is 1. The lowest BCUT2D eigenvalue weighted by molar-refractivity contribution is -0.122. The van der Waals surface area contributed by atoms with Gasteiger partial charge in [0.2, 0.25) is 5.91 Å². The molecular formula is C27H36N4O2. The Kier molecular flexibility index (Phi) is 5.97. The van der Waals surface area contributed by atoms with Crippen molar-refractivity contribution < 1.29 is 9.59 Å². The predicted octanol–water partition coefficient (Wildman–Crippen LogP) is 4.87. The Hall–Kier alpha value is -2.89. The second kappa shape index (κ2) is 8.47. The monoisotopic (exact) mass is 448 g/mol. The van der Waals surface area contributed by atoms with Gasteiger partial charge in [0.25, 0.3) is 0 Å². The fourth-order valence-corrected chi connectivity index (χ4v) is 4.91. The highest BCUT2D eigenvalue weighted by Crippen LogP contribution is 2.36. The number of amides is 3. The van der Waals surface area contributed by atoms with Crippen molar-refractivity contribution in [1.82, 2.24) is 15.2 Å². The number of hydrogen-bond donors (Lipinski definition) is 2. The maximum absolute atomic E-state index is 13.1. The topological polar surface area (TPSA) is 74.3 Å². The van der Waals surface area contributed by atoms with E-state index < -0.39 is 0 Å². The number of nitrogens with zero attached hydrogens (tertiary/aromatic N) is 2. The van der Waals surface area contributed by atoms with E-state index in [4.69, 9.17) is 4.98 Å². The fourth-order valence-electron chi connectivity index (χ4n) is 4.91. The molecule has 0 bridgehead atoms. The summed E-state index contributed by atoms with van der Waals surface area (Å²) in [6, 6.07) is 10.3. The first kappa shape index (κ1) is 23.3. The van der Waals surface area contributed by atoms with Crippen molar-refractivity contribution in [1.29, 1.82) is 0 Å². The number of carbonyl (C=O) groups excluding carboxylic acids is 2. The van der Waals surface area contributed by atoms with Crippen molar-refractivity contribution in [3.63, 3.8) is 0 Å². The van der Waals surface area contributed by atoms with E-state index in [-0.39, 0.29) is 28.7 Å². The van der Waals surface area contributed by atoms with E-state index in [1.165, 1.54) is 11.1 Å². The van der Waals surface area contributed by atoms with Crippen molar-refractivity contribution in [2.45, 2.75) is 77.2 Å². The van der Waals surface area contributed by atoms with Crippen LogP contribution in [0.2, 0.25) is 0 Å². The highest BCUT2D eigenvalue weighted by Gasteiger charge is 2.33. The average Bonchev–Trinajstić information content (AvgIpc) is 3.17. The van der Waals surface area contributed by atoms with Crippen LogP contribution in [0.4, 0.5) is 10.5 Å². The van der Waals surface area contributed by atoms with Gasteiger partial charge >= 0.3 is 6.03 Å². The molecule has 2 aromatic rings. The highest BCUT2D eigenvalue weighted by atomic mass is 16.2. The zero-order chi connectivity index (χ0) is 24.0. The van der Waals surface area contributed by atoms with E-state index >= 15 is 0 Å². The Bertz CT molecular complexity index is 1080. The van der Waals surface area contributed by atoms with Crippen molar-refractivity contribution in [2.24, 2.45) is 0 Å². The van der Waals surface area contributed by atoms with Crippen molar-refractivity contribution >= 4 is 17.6 Å². The number of carbonyl (C=O) groups is 2. The summed E-state index contributed by atoms with van der Waals surface area (Å²) in [6.45, 7) is 12.1. The van der Waals surface area contributed by atoms with Crippen molar-refractivity contribution in [2.75, 3.05) is 18.9 Å². The smallest absolute Gasteiger partial charge is 0.321 e. The zero-order valence-corrected chi connectivity index (χ0v) is 20.7. The number of rotatable bonds is 5. The summed E-state index contributed by atoms with van der Waals surface area (Å²) in [5, 5.41) is 6.15. The number of anilines is 1. The standard InChI is InChI=1S/C27H36N4O2/c1-26(2,3)22-13-11-17-10-12-18(23(17)30-22)24(32)28-15-14-27(4,5)20-8-7-9-21-19(20)16-31(6)25(33)29-21/h7-9,11,13,18H,10,12,14-16H2,1-6H3,(H,28,32)(H,29,33)/t18-/m0/s1. The van der Waals surface area contributed by atoms with Crippen LogP contribution in [0, 0.1) is 0 Å². The molecule has 0 spiro atoms. The molecule has 0 radical (unpaired) electrons. The first-order valence-corrected chi connectivity index (χ1v) is 11.9. The lowest BCUT2D eigenvalue weighted by Crippen LogP contribution is -2.38. The molecule has 1 aliphatic heterocycles. The lowest BCUT2D eigenvalue weighted by atomic mass is 9.78. The maximum atomic E-state index is 13.1. The fraction of sp³-hybridized carbons (Fsp3) is 0.519. The summed E-state index contributed by atoms with van der Waals surface area (Å²) in [4.78, 5) is 31.7. The summed E-state index contributed by atoms with van der Waals surface area (Å²) < 4.78 is 0. The summed E-state index contributed by atoms with van der Waals surface area (Å²) in [5.74, 6) is -0.0936. The molecule has 1 aromatic heterocycles. The zero-order valence-electron chi connectivity index (χ0n) is 20.7. The molecule has 0 fully saturated rings. The van der Waals surface area contributed by atoms with Crippen LogP contribution in [0.25, 0.3) is 0 Å². The predicted molar refractivity (Wildman–Crippen MR) is 132 cm³/mol. The van der Waals surface area contributed by atoms with E-state index in [1.54, 1.807) is 11.9 Å². The molecule has 1 aromatic carbocycles. The van der Waals surface area contributed by atoms with E-state index in [0.29, 0.717) is 13.1 Å². The molecule has 1 aliphatic carbocycles. The van der Waals surface area contributed by atoms with E-state index in [9.17, 15) is 9.59 Å². The molecule has 2 aliphatic rings. The largest absolute Gasteiger partial charge is 0.355 e. The first-order chi connectivity index (χ1) is 15.5. The molecule has 6 nitrogen and oxygen atoms in total. The van der Waals surface area contributed by atoms with Crippen LogP contribution in [-0.4, -0.2) is 35.4 Å². The van der Waals surface area contributed by atoms with Gasteiger partial charge in [0, 0.05) is 36.9 Å². The Morgan fingerprint density at radius 1 is 1.18 bits per heavy atom. The van der Waals surface area contributed by atoms with Gasteiger partial charge in [0.15, 0.2) is 0 Å². The van der Waals surface area contributed by atoms with Gasteiger partial charge < -0.3 is 15.5 Å². The molecule has 2 heterocycles. The summed E-state index contributed by atoms with van der Waals surface area (Å²) in [5.41, 5.74) is 6.26. The molecule has 33 heavy (non-hydrogen) atoms. The lowest BCUT2D eigenvalue weighted by Gasteiger charge is -2.34. The number of nitrogens with one attached hydrogen (secondary N) is 2. The third-order valence-electron chi connectivity index (χ3n) is 7.07. The van der Waals surface area contributed by atoms with Gasteiger partial charge in [0.1, 0.15) is 0 Å². The Labute approximate surface area is 197 Å². The minimum atomic E-state index is -0.168. The van der Waals surface area contributed by atoms with Gasteiger partial charge in [-0.15, -0.1) is 0 Å². The average molecular weight is 449 g/mol.